The molecule has 1 fully saturated rings. The zero-order valence-electron chi connectivity index (χ0n) is 16.5. The van der Waals surface area contributed by atoms with Crippen molar-refractivity contribution in [3.63, 3.8) is 0 Å². The third-order valence-corrected chi connectivity index (χ3v) is 6.10. The van der Waals surface area contributed by atoms with Crippen LogP contribution in [-0.4, -0.2) is 27.9 Å². The van der Waals surface area contributed by atoms with Gasteiger partial charge in [-0.2, -0.15) is 4.37 Å². The molecule has 1 aliphatic rings. The number of nitrogens with one attached hydrogen (secondary N) is 1. The molecule has 4 rings (SSSR count). The van der Waals surface area contributed by atoms with Crippen LogP contribution >= 0.6 is 11.5 Å². The second kappa shape index (κ2) is 8.29. The highest BCUT2D eigenvalue weighted by molar-refractivity contribution is 7.09. The highest BCUT2D eigenvalue weighted by Crippen LogP contribution is 2.28. The van der Waals surface area contributed by atoms with E-state index < -0.39 is 0 Å². The summed E-state index contributed by atoms with van der Waals surface area (Å²) < 4.78 is 17.5. The normalized spacial score (nSPS) is 16.2. The minimum atomic E-state index is -0.254. The molecule has 1 unspecified atom stereocenters. The molecule has 150 valence electrons. The Hall–Kier alpha value is -2.80. The Morgan fingerprint density at radius 3 is 2.76 bits per heavy atom. The summed E-state index contributed by atoms with van der Waals surface area (Å²) in [6.45, 7) is 4.88. The molecule has 1 saturated heterocycles. The number of hydrogen-bond donors (Lipinski definition) is 1. The number of anilines is 2. The van der Waals surface area contributed by atoms with Crippen molar-refractivity contribution in [2.45, 2.75) is 39.2 Å². The van der Waals surface area contributed by atoms with Gasteiger partial charge in [-0.05, 0) is 67.6 Å². The maximum Gasteiger partial charge on any atom is 0.247 e. The van der Waals surface area contributed by atoms with E-state index in [0.29, 0.717) is 12.2 Å². The standard InChI is InChI=1S/C22H23FN4OS/c1-14-5-10-18(12-15(14)2)24-21(28)19-4-3-11-27(19)22-25-20(26-29-22)13-16-6-8-17(23)9-7-16/h5-10,12,19H,3-4,11,13H2,1-2H3,(H,24,28). The summed E-state index contributed by atoms with van der Waals surface area (Å²) >= 11 is 1.31. The third-order valence-electron chi connectivity index (χ3n) is 5.31. The Balaban J connectivity index is 1.45. The molecule has 2 aromatic carbocycles. The van der Waals surface area contributed by atoms with Gasteiger partial charge < -0.3 is 10.2 Å². The molecule has 0 aliphatic carbocycles. The van der Waals surface area contributed by atoms with E-state index in [4.69, 9.17) is 0 Å². The average molecular weight is 411 g/mol. The molecule has 1 atom stereocenters. The lowest BCUT2D eigenvalue weighted by molar-refractivity contribution is -0.117. The predicted molar refractivity (Wildman–Crippen MR) is 114 cm³/mol. The summed E-state index contributed by atoms with van der Waals surface area (Å²) in [5, 5.41) is 3.81. The summed E-state index contributed by atoms with van der Waals surface area (Å²) in [5.41, 5.74) is 4.13. The van der Waals surface area contributed by atoms with Gasteiger partial charge in [0.05, 0.1) is 0 Å². The lowest BCUT2D eigenvalue weighted by Crippen LogP contribution is -2.39. The monoisotopic (exact) mass is 410 g/mol. The van der Waals surface area contributed by atoms with Crippen molar-refractivity contribution < 1.29 is 9.18 Å². The Kier molecular flexibility index (Phi) is 5.58. The summed E-state index contributed by atoms with van der Waals surface area (Å²) in [6, 6.07) is 12.1. The van der Waals surface area contributed by atoms with Gasteiger partial charge in [-0.25, -0.2) is 9.37 Å². The number of aromatic nitrogens is 2. The molecule has 1 aliphatic heterocycles. The number of rotatable bonds is 5. The predicted octanol–water partition coefficient (Wildman–Crippen LogP) is 4.49. The number of aryl methyl sites for hydroxylation is 2. The van der Waals surface area contributed by atoms with Crippen LogP contribution in [0.3, 0.4) is 0 Å². The molecule has 3 aromatic rings. The Morgan fingerprint density at radius 2 is 2.00 bits per heavy atom. The maximum atomic E-state index is 13.1. The lowest BCUT2D eigenvalue weighted by Gasteiger charge is -2.22. The largest absolute Gasteiger partial charge is 0.335 e. The quantitative estimate of drug-likeness (QED) is 0.673. The van der Waals surface area contributed by atoms with Crippen molar-refractivity contribution in [3.05, 3.63) is 70.8 Å². The van der Waals surface area contributed by atoms with E-state index in [-0.39, 0.29) is 17.8 Å². The van der Waals surface area contributed by atoms with E-state index >= 15 is 0 Å². The first-order valence-corrected chi connectivity index (χ1v) is 10.5. The number of nitrogens with zero attached hydrogens (tertiary/aromatic N) is 3. The summed E-state index contributed by atoms with van der Waals surface area (Å²) in [4.78, 5) is 19.6. The van der Waals surface area contributed by atoms with Gasteiger partial charge in [0.2, 0.25) is 11.0 Å². The maximum absolute atomic E-state index is 13.1. The van der Waals surface area contributed by atoms with E-state index in [9.17, 15) is 9.18 Å². The van der Waals surface area contributed by atoms with Gasteiger partial charge in [0.25, 0.3) is 0 Å². The van der Waals surface area contributed by atoms with Crippen molar-refractivity contribution >= 4 is 28.3 Å². The van der Waals surface area contributed by atoms with Crippen LogP contribution in [0.1, 0.15) is 35.4 Å². The third kappa shape index (κ3) is 4.45. The van der Waals surface area contributed by atoms with Gasteiger partial charge in [-0.15, -0.1) is 0 Å². The SMILES string of the molecule is Cc1ccc(NC(=O)C2CCCN2c2nc(Cc3ccc(F)cc3)ns2)cc1C. The van der Waals surface area contributed by atoms with Crippen molar-refractivity contribution in [2.75, 3.05) is 16.8 Å². The minimum absolute atomic E-state index is 0.0129. The molecule has 2 heterocycles. The second-order valence-corrected chi connectivity index (χ2v) is 8.17. The van der Waals surface area contributed by atoms with Gasteiger partial charge in [-0.1, -0.05) is 18.2 Å². The molecule has 0 saturated carbocycles. The van der Waals surface area contributed by atoms with Crippen LogP contribution < -0.4 is 10.2 Å². The number of hydrogen-bond acceptors (Lipinski definition) is 5. The van der Waals surface area contributed by atoms with Crippen molar-refractivity contribution in [1.82, 2.24) is 9.36 Å². The number of benzene rings is 2. The van der Waals surface area contributed by atoms with E-state index in [0.717, 1.165) is 41.3 Å². The van der Waals surface area contributed by atoms with E-state index in [2.05, 4.69) is 21.6 Å². The topological polar surface area (TPSA) is 58.1 Å². The van der Waals surface area contributed by atoms with Crippen LogP contribution in [0, 0.1) is 19.7 Å². The smallest absolute Gasteiger partial charge is 0.247 e. The molecule has 29 heavy (non-hydrogen) atoms. The molecule has 7 heteroatoms. The van der Waals surface area contributed by atoms with Crippen molar-refractivity contribution in [3.8, 4) is 0 Å². The van der Waals surface area contributed by atoms with Crippen LogP contribution in [0.15, 0.2) is 42.5 Å². The van der Waals surface area contributed by atoms with E-state index in [1.807, 2.05) is 30.0 Å². The zero-order valence-corrected chi connectivity index (χ0v) is 17.3. The summed E-state index contributed by atoms with van der Waals surface area (Å²) in [7, 11) is 0. The first kappa shape index (κ1) is 19.5. The minimum Gasteiger partial charge on any atom is -0.335 e. The zero-order chi connectivity index (χ0) is 20.4. The molecular formula is C22H23FN4OS. The highest BCUT2D eigenvalue weighted by Gasteiger charge is 2.33. The fraction of sp³-hybridized carbons (Fsp3) is 0.318. The number of amides is 1. The molecule has 0 spiro atoms. The molecule has 5 nitrogen and oxygen atoms in total. The molecule has 0 bridgehead atoms. The lowest BCUT2D eigenvalue weighted by atomic mass is 10.1. The Labute approximate surface area is 173 Å². The van der Waals surface area contributed by atoms with Gasteiger partial charge in [0, 0.05) is 30.2 Å². The number of carbonyl (C=O) groups is 1. The first-order chi connectivity index (χ1) is 14.0. The van der Waals surface area contributed by atoms with E-state index in [1.54, 1.807) is 12.1 Å². The summed E-state index contributed by atoms with van der Waals surface area (Å²) in [5.74, 6) is 0.424. The van der Waals surface area contributed by atoms with Crippen LogP contribution in [0.2, 0.25) is 0 Å². The highest BCUT2D eigenvalue weighted by atomic mass is 32.1. The van der Waals surface area contributed by atoms with Crippen LogP contribution in [0.5, 0.6) is 0 Å². The van der Waals surface area contributed by atoms with Gasteiger partial charge in [0.15, 0.2) is 0 Å². The van der Waals surface area contributed by atoms with Gasteiger partial charge in [-0.3, -0.25) is 4.79 Å². The van der Waals surface area contributed by atoms with Crippen molar-refractivity contribution in [1.29, 1.82) is 0 Å². The second-order valence-electron chi connectivity index (χ2n) is 7.44. The Bertz CT molecular complexity index is 1020. The molecule has 0 radical (unpaired) electrons. The summed E-state index contributed by atoms with van der Waals surface area (Å²) in [6.07, 6.45) is 2.28. The molecule has 1 N–H and O–H groups in total. The number of halogens is 1. The van der Waals surface area contributed by atoms with Crippen molar-refractivity contribution in [2.24, 2.45) is 0 Å². The van der Waals surface area contributed by atoms with Crippen LogP contribution in [0.25, 0.3) is 0 Å². The van der Waals surface area contributed by atoms with Crippen LogP contribution in [-0.2, 0) is 11.2 Å². The van der Waals surface area contributed by atoms with Crippen LogP contribution in [0.4, 0.5) is 15.2 Å². The first-order valence-electron chi connectivity index (χ1n) is 9.71. The van der Waals surface area contributed by atoms with Gasteiger partial charge >= 0.3 is 0 Å². The average Bonchev–Trinajstić information content (AvgIpc) is 3.36. The van der Waals surface area contributed by atoms with Gasteiger partial charge in [0.1, 0.15) is 17.7 Å². The van der Waals surface area contributed by atoms with E-state index in [1.165, 1.54) is 29.2 Å². The Morgan fingerprint density at radius 1 is 1.21 bits per heavy atom. The molecule has 1 aromatic heterocycles. The molecular weight excluding hydrogens is 387 g/mol. The fourth-order valence-corrected chi connectivity index (χ4v) is 4.29. The molecule has 1 amide bonds. The fourth-order valence-electron chi connectivity index (χ4n) is 3.53. The number of carbonyl (C=O) groups excluding carboxylic acids is 1.